The summed E-state index contributed by atoms with van der Waals surface area (Å²) in [5.41, 5.74) is 5.86. The van der Waals surface area contributed by atoms with Crippen molar-refractivity contribution in [3.8, 4) is 0 Å². The van der Waals surface area contributed by atoms with Gasteiger partial charge in [0, 0.05) is 23.9 Å². The molecular weight excluding hydrogens is 232 g/mol. The molecule has 17 heavy (non-hydrogen) atoms. The van der Waals surface area contributed by atoms with E-state index >= 15 is 0 Å². The van der Waals surface area contributed by atoms with Crippen LogP contribution in [0.1, 0.15) is 30.6 Å². The van der Waals surface area contributed by atoms with Gasteiger partial charge in [-0.25, -0.2) is 0 Å². The summed E-state index contributed by atoms with van der Waals surface area (Å²) in [6.45, 7) is 0.735. The summed E-state index contributed by atoms with van der Waals surface area (Å²) in [4.78, 5) is 15.3. The molecule has 1 amide bonds. The van der Waals surface area contributed by atoms with Crippen LogP contribution in [-0.4, -0.2) is 23.9 Å². The van der Waals surface area contributed by atoms with Crippen LogP contribution in [0, 0.1) is 5.92 Å². The van der Waals surface area contributed by atoms with E-state index in [-0.39, 0.29) is 11.8 Å². The number of carbonyl (C=O) groups excluding carboxylic acids is 1. The molecule has 1 heterocycles. The third-order valence-corrected chi connectivity index (χ3v) is 4.33. The van der Waals surface area contributed by atoms with Crippen LogP contribution in [0.15, 0.2) is 17.5 Å². The van der Waals surface area contributed by atoms with Gasteiger partial charge in [-0.15, -0.1) is 11.3 Å². The molecule has 4 heteroatoms. The second-order valence-corrected chi connectivity index (χ2v) is 5.92. The Balaban J connectivity index is 1.86. The Labute approximate surface area is 107 Å². The van der Waals surface area contributed by atoms with E-state index < -0.39 is 0 Å². The molecule has 1 saturated carbocycles. The summed E-state index contributed by atoms with van der Waals surface area (Å²) in [6, 6.07) is 4.41. The van der Waals surface area contributed by atoms with Gasteiger partial charge in [-0.2, -0.15) is 0 Å². The minimum atomic E-state index is 0.194. The Hall–Kier alpha value is -0.870. The number of thiophene rings is 1. The van der Waals surface area contributed by atoms with Crippen LogP contribution in [-0.2, 0) is 11.3 Å². The van der Waals surface area contributed by atoms with Crippen LogP contribution in [0.4, 0.5) is 0 Å². The zero-order valence-electron chi connectivity index (χ0n) is 10.3. The Bertz CT molecular complexity index is 356. The highest BCUT2D eigenvalue weighted by Crippen LogP contribution is 2.25. The summed E-state index contributed by atoms with van der Waals surface area (Å²) in [7, 11) is 1.90. The predicted molar refractivity (Wildman–Crippen MR) is 70.7 cm³/mol. The van der Waals surface area contributed by atoms with Gasteiger partial charge in [0.1, 0.15) is 0 Å². The second-order valence-electron chi connectivity index (χ2n) is 4.89. The van der Waals surface area contributed by atoms with Crippen LogP contribution < -0.4 is 5.73 Å². The lowest BCUT2D eigenvalue weighted by molar-refractivity contribution is -0.135. The smallest absolute Gasteiger partial charge is 0.225 e. The van der Waals surface area contributed by atoms with Crippen molar-refractivity contribution >= 4 is 17.2 Å². The van der Waals surface area contributed by atoms with Gasteiger partial charge < -0.3 is 10.6 Å². The number of hydrogen-bond donors (Lipinski definition) is 1. The molecule has 1 aliphatic rings. The fraction of sp³-hybridized carbons (Fsp3) is 0.615. The first-order valence-corrected chi connectivity index (χ1v) is 7.07. The van der Waals surface area contributed by atoms with E-state index in [1.54, 1.807) is 11.3 Å². The average Bonchev–Trinajstić information content (AvgIpc) is 2.82. The lowest BCUT2D eigenvalue weighted by Gasteiger charge is -2.28. The minimum absolute atomic E-state index is 0.194. The minimum Gasteiger partial charge on any atom is -0.340 e. The lowest BCUT2D eigenvalue weighted by atomic mass is 9.85. The third-order valence-electron chi connectivity index (χ3n) is 3.47. The van der Waals surface area contributed by atoms with Gasteiger partial charge in [-0.1, -0.05) is 6.07 Å². The molecule has 1 aromatic rings. The molecule has 0 aromatic carbocycles. The molecule has 2 N–H and O–H groups in total. The van der Waals surface area contributed by atoms with E-state index in [0.717, 1.165) is 32.2 Å². The van der Waals surface area contributed by atoms with Crippen LogP contribution >= 0.6 is 11.3 Å². The van der Waals surface area contributed by atoms with E-state index in [1.165, 1.54) is 4.88 Å². The molecule has 3 nitrogen and oxygen atoms in total. The third kappa shape index (κ3) is 3.30. The first kappa shape index (κ1) is 12.6. The summed E-state index contributed by atoms with van der Waals surface area (Å²) in [6.07, 6.45) is 3.88. The molecule has 1 aliphatic carbocycles. The highest BCUT2D eigenvalue weighted by Gasteiger charge is 2.26. The van der Waals surface area contributed by atoms with Crippen molar-refractivity contribution in [2.24, 2.45) is 11.7 Å². The largest absolute Gasteiger partial charge is 0.340 e. The zero-order chi connectivity index (χ0) is 12.3. The van der Waals surface area contributed by atoms with Crippen LogP contribution in [0.5, 0.6) is 0 Å². The summed E-state index contributed by atoms with van der Waals surface area (Å²) in [5, 5.41) is 2.05. The molecule has 0 spiro atoms. The number of amides is 1. The number of nitrogens with zero attached hydrogens (tertiary/aromatic N) is 1. The first-order valence-electron chi connectivity index (χ1n) is 6.19. The van der Waals surface area contributed by atoms with E-state index in [9.17, 15) is 4.79 Å². The van der Waals surface area contributed by atoms with Crippen molar-refractivity contribution in [2.75, 3.05) is 7.05 Å². The van der Waals surface area contributed by atoms with Crippen molar-refractivity contribution in [1.29, 1.82) is 0 Å². The predicted octanol–water partition coefficient (Wildman–Crippen LogP) is 2.22. The molecule has 0 aliphatic heterocycles. The molecule has 94 valence electrons. The Morgan fingerprint density at radius 2 is 2.18 bits per heavy atom. The first-order chi connectivity index (χ1) is 8.16. The monoisotopic (exact) mass is 252 g/mol. The second kappa shape index (κ2) is 5.65. The number of nitrogens with two attached hydrogens (primary N) is 1. The van der Waals surface area contributed by atoms with Crippen molar-refractivity contribution in [1.82, 2.24) is 4.90 Å². The van der Waals surface area contributed by atoms with E-state index in [4.69, 9.17) is 5.73 Å². The molecule has 0 atom stereocenters. The maximum atomic E-state index is 12.2. The number of carbonyl (C=O) groups is 1. The molecule has 1 aromatic heterocycles. The Morgan fingerprint density at radius 1 is 1.47 bits per heavy atom. The van der Waals surface area contributed by atoms with Gasteiger partial charge in [-0.05, 0) is 37.1 Å². The Morgan fingerprint density at radius 3 is 2.76 bits per heavy atom. The summed E-state index contributed by atoms with van der Waals surface area (Å²) < 4.78 is 0. The fourth-order valence-corrected chi connectivity index (χ4v) is 3.15. The van der Waals surface area contributed by atoms with E-state index in [0.29, 0.717) is 6.04 Å². The van der Waals surface area contributed by atoms with Crippen LogP contribution in [0.2, 0.25) is 0 Å². The molecule has 1 fully saturated rings. The fourth-order valence-electron chi connectivity index (χ4n) is 2.39. The van der Waals surface area contributed by atoms with Gasteiger partial charge in [0.2, 0.25) is 5.91 Å². The van der Waals surface area contributed by atoms with Crippen molar-refractivity contribution in [2.45, 2.75) is 38.3 Å². The average molecular weight is 252 g/mol. The van der Waals surface area contributed by atoms with Gasteiger partial charge in [-0.3, -0.25) is 4.79 Å². The molecule has 0 bridgehead atoms. The molecule has 2 rings (SSSR count). The van der Waals surface area contributed by atoms with Gasteiger partial charge in [0.15, 0.2) is 0 Å². The highest BCUT2D eigenvalue weighted by atomic mass is 32.1. The molecular formula is C13H20N2OS. The van der Waals surface area contributed by atoms with Crippen LogP contribution in [0.25, 0.3) is 0 Å². The van der Waals surface area contributed by atoms with Gasteiger partial charge in [0.25, 0.3) is 0 Å². The van der Waals surface area contributed by atoms with Crippen LogP contribution in [0.3, 0.4) is 0 Å². The summed E-state index contributed by atoms with van der Waals surface area (Å²) >= 11 is 1.70. The van der Waals surface area contributed by atoms with E-state index in [2.05, 4.69) is 6.07 Å². The SMILES string of the molecule is CN(Cc1cccs1)C(=O)C1CCC(N)CC1. The maximum Gasteiger partial charge on any atom is 0.225 e. The normalized spacial score (nSPS) is 24.6. The van der Waals surface area contributed by atoms with Crippen molar-refractivity contribution in [3.05, 3.63) is 22.4 Å². The topological polar surface area (TPSA) is 46.3 Å². The quantitative estimate of drug-likeness (QED) is 0.896. The van der Waals surface area contributed by atoms with Gasteiger partial charge in [0.05, 0.1) is 6.54 Å². The molecule has 0 saturated heterocycles. The Kier molecular flexibility index (Phi) is 4.18. The maximum absolute atomic E-state index is 12.2. The van der Waals surface area contributed by atoms with Crippen molar-refractivity contribution < 1.29 is 4.79 Å². The van der Waals surface area contributed by atoms with E-state index in [1.807, 2.05) is 23.4 Å². The van der Waals surface area contributed by atoms with Gasteiger partial charge >= 0.3 is 0 Å². The molecule has 0 radical (unpaired) electrons. The zero-order valence-corrected chi connectivity index (χ0v) is 11.1. The lowest BCUT2D eigenvalue weighted by Crippen LogP contribution is -2.37. The number of hydrogen-bond acceptors (Lipinski definition) is 3. The molecule has 0 unspecified atom stereocenters. The summed E-state index contributed by atoms with van der Waals surface area (Å²) in [5.74, 6) is 0.477. The van der Waals surface area contributed by atoms with Crippen molar-refractivity contribution in [3.63, 3.8) is 0 Å². The standard InChI is InChI=1S/C13H20N2OS/c1-15(9-12-3-2-8-17-12)13(16)10-4-6-11(14)7-5-10/h2-3,8,10-11H,4-7,9,14H2,1H3. The number of rotatable bonds is 3. The highest BCUT2D eigenvalue weighted by molar-refractivity contribution is 7.09.